The predicted molar refractivity (Wildman–Crippen MR) is 78.8 cm³/mol. The first-order valence-electron chi connectivity index (χ1n) is 6.41. The van der Waals surface area contributed by atoms with Gasteiger partial charge in [-0.25, -0.2) is 0 Å². The van der Waals surface area contributed by atoms with E-state index in [1.165, 1.54) is 18.2 Å². The van der Waals surface area contributed by atoms with Gasteiger partial charge in [-0.1, -0.05) is 0 Å². The average Bonchev–Trinajstić information content (AvgIpc) is 2.36. The second kappa shape index (κ2) is 6.22. The van der Waals surface area contributed by atoms with Gasteiger partial charge < -0.3 is 10.6 Å². The number of hydrogen-bond donors (Lipinski definition) is 2. The summed E-state index contributed by atoms with van der Waals surface area (Å²) in [5, 5.41) is 25.4. The smallest absolute Gasteiger partial charge is 0.292 e. The molecule has 0 bridgehead atoms. The summed E-state index contributed by atoms with van der Waals surface area (Å²) in [7, 11) is 0. The summed E-state index contributed by atoms with van der Waals surface area (Å²) in [6, 6.07) is 5.21. The number of nitriles is 1. The van der Waals surface area contributed by atoms with Crippen LogP contribution in [-0.2, 0) is 4.79 Å². The molecule has 0 fully saturated rings. The molecule has 0 aliphatic carbocycles. The first kappa shape index (κ1) is 16.4. The third kappa shape index (κ3) is 4.76. The largest absolute Gasteiger partial charge is 0.368 e. The van der Waals surface area contributed by atoms with Crippen LogP contribution in [0.4, 0.5) is 11.4 Å². The third-order valence-electron chi connectivity index (χ3n) is 2.59. The molecule has 2 N–H and O–H groups in total. The zero-order valence-electron chi connectivity index (χ0n) is 12.4. The molecule has 1 aromatic carbocycles. The van der Waals surface area contributed by atoms with Crippen molar-refractivity contribution in [2.75, 3.05) is 5.32 Å². The van der Waals surface area contributed by atoms with Crippen LogP contribution >= 0.6 is 0 Å². The fourth-order valence-corrected chi connectivity index (χ4v) is 1.66. The van der Waals surface area contributed by atoms with E-state index in [0.717, 1.165) is 0 Å². The van der Waals surface area contributed by atoms with E-state index in [2.05, 4.69) is 10.6 Å². The Morgan fingerprint density at radius 1 is 1.43 bits per heavy atom. The predicted octanol–water partition coefficient (Wildman–Crippen LogP) is 2.18. The highest BCUT2D eigenvalue weighted by Crippen LogP contribution is 2.26. The molecular weight excluding hydrogens is 272 g/mol. The lowest BCUT2D eigenvalue weighted by Gasteiger charge is -2.24. The van der Waals surface area contributed by atoms with Crippen LogP contribution in [0.25, 0.3) is 0 Å². The summed E-state index contributed by atoms with van der Waals surface area (Å²) < 4.78 is 0. The molecule has 0 spiro atoms. The van der Waals surface area contributed by atoms with Crippen LogP contribution in [0.2, 0.25) is 0 Å². The molecule has 21 heavy (non-hydrogen) atoms. The number of carbonyl (C=O) groups excluding carboxylic acids is 1. The van der Waals surface area contributed by atoms with Crippen LogP contribution < -0.4 is 10.6 Å². The molecule has 0 aromatic heterocycles. The van der Waals surface area contributed by atoms with Crippen molar-refractivity contribution in [1.29, 1.82) is 5.26 Å². The van der Waals surface area contributed by atoms with E-state index in [1.807, 2.05) is 26.8 Å². The number of amides is 1. The van der Waals surface area contributed by atoms with E-state index >= 15 is 0 Å². The Kier molecular flexibility index (Phi) is 4.87. The normalized spacial score (nSPS) is 12.1. The van der Waals surface area contributed by atoms with Gasteiger partial charge in [-0.05, 0) is 39.8 Å². The highest BCUT2D eigenvalue weighted by Gasteiger charge is 2.22. The van der Waals surface area contributed by atoms with E-state index in [4.69, 9.17) is 5.26 Å². The Labute approximate surface area is 123 Å². The average molecular weight is 290 g/mol. The number of hydrogen-bond acceptors (Lipinski definition) is 5. The lowest BCUT2D eigenvalue weighted by molar-refractivity contribution is -0.384. The van der Waals surface area contributed by atoms with Gasteiger partial charge in [0.2, 0.25) is 5.91 Å². The standard InChI is InChI=1S/C14H18N4O3/c1-9(13(19)17-14(2,3)4)16-11-7-10(8-15)5-6-12(11)18(20)21/h5-7,9,16H,1-4H3,(H,17,19). The summed E-state index contributed by atoms with van der Waals surface area (Å²) in [5.74, 6) is -0.279. The van der Waals surface area contributed by atoms with E-state index in [1.54, 1.807) is 6.92 Å². The highest BCUT2D eigenvalue weighted by atomic mass is 16.6. The summed E-state index contributed by atoms with van der Waals surface area (Å²) in [5.41, 5.74) is -0.139. The van der Waals surface area contributed by atoms with Crippen molar-refractivity contribution in [2.45, 2.75) is 39.3 Å². The third-order valence-corrected chi connectivity index (χ3v) is 2.59. The van der Waals surface area contributed by atoms with E-state index < -0.39 is 16.5 Å². The lowest BCUT2D eigenvalue weighted by atomic mass is 10.1. The van der Waals surface area contributed by atoms with Gasteiger partial charge in [-0.2, -0.15) is 5.26 Å². The van der Waals surface area contributed by atoms with Crippen molar-refractivity contribution in [3.05, 3.63) is 33.9 Å². The van der Waals surface area contributed by atoms with Gasteiger partial charge >= 0.3 is 0 Å². The van der Waals surface area contributed by atoms with Gasteiger partial charge in [0.15, 0.2) is 0 Å². The molecule has 1 unspecified atom stereocenters. The number of benzene rings is 1. The number of carbonyl (C=O) groups is 1. The highest BCUT2D eigenvalue weighted by molar-refractivity contribution is 5.85. The SMILES string of the molecule is CC(Nc1cc(C#N)ccc1[N+](=O)[O-])C(=O)NC(C)(C)C. The van der Waals surface area contributed by atoms with Crippen LogP contribution in [0.5, 0.6) is 0 Å². The van der Waals surface area contributed by atoms with Crippen LogP contribution in [-0.4, -0.2) is 22.4 Å². The number of nitrogens with one attached hydrogen (secondary N) is 2. The number of rotatable bonds is 4. The maximum Gasteiger partial charge on any atom is 0.292 e. The van der Waals surface area contributed by atoms with E-state index in [9.17, 15) is 14.9 Å². The minimum Gasteiger partial charge on any atom is -0.368 e. The van der Waals surface area contributed by atoms with Crippen molar-refractivity contribution in [2.24, 2.45) is 0 Å². The first-order valence-corrected chi connectivity index (χ1v) is 6.41. The summed E-state index contributed by atoms with van der Waals surface area (Å²) in [4.78, 5) is 22.4. The first-order chi connectivity index (χ1) is 9.64. The van der Waals surface area contributed by atoms with Crippen molar-refractivity contribution >= 4 is 17.3 Å². The maximum atomic E-state index is 12.0. The monoisotopic (exact) mass is 290 g/mol. The molecule has 1 atom stereocenters. The molecule has 7 nitrogen and oxygen atoms in total. The Morgan fingerprint density at radius 2 is 2.05 bits per heavy atom. The topological polar surface area (TPSA) is 108 Å². The van der Waals surface area contributed by atoms with Gasteiger partial charge in [0.25, 0.3) is 5.69 Å². The Bertz CT molecular complexity index is 599. The van der Waals surface area contributed by atoms with Gasteiger partial charge in [-0.3, -0.25) is 14.9 Å². The molecule has 0 aliphatic heterocycles. The second-order valence-electron chi connectivity index (χ2n) is 5.71. The summed E-state index contributed by atoms with van der Waals surface area (Å²) in [6.45, 7) is 7.13. The van der Waals surface area contributed by atoms with Crippen LogP contribution in [0.1, 0.15) is 33.3 Å². The van der Waals surface area contributed by atoms with Gasteiger partial charge in [0.1, 0.15) is 11.7 Å². The molecule has 1 aromatic rings. The molecular formula is C14H18N4O3. The minimum absolute atomic E-state index is 0.149. The molecule has 0 aliphatic rings. The van der Waals surface area contributed by atoms with E-state index in [0.29, 0.717) is 0 Å². The molecule has 1 rings (SSSR count). The number of nitro benzene ring substituents is 1. The minimum atomic E-state index is -0.670. The molecule has 0 saturated heterocycles. The summed E-state index contributed by atoms with van der Waals surface area (Å²) in [6.07, 6.45) is 0. The molecule has 0 heterocycles. The maximum absolute atomic E-state index is 12.0. The summed E-state index contributed by atoms with van der Waals surface area (Å²) >= 11 is 0. The number of nitrogens with zero attached hydrogens (tertiary/aromatic N) is 2. The molecule has 0 saturated carbocycles. The molecule has 112 valence electrons. The van der Waals surface area contributed by atoms with Crippen LogP contribution in [0.3, 0.4) is 0 Å². The lowest BCUT2D eigenvalue weighted by Crippen LogP contribution is -2.47. The molecule has 7 heteroatoms. The zero-order chi connectivity index (χ0) is 16.2. The zero-order valence-corrected chi connectivity index (χ0v) is 12.4. The van der Waals surface area contributed by atoms with Crippen molar-refractivity contribution < 1.29 is 9.72 Å². The molecule has 1 amide bonds. The van der Waals surface area contributed by atoms with Crippen molar-refractivity contribution in [3.63, 3.8) is 0 Å². The van der Waals surface area contributed by atoms with Crippen LogP contribution in [0, 0.1) is 21.4 Å². The van der Waals surface area contributed by atoms with Gasteiger partial charge in [0.05, 0.1) is 16.6 Å². The Hall–Kier alpha value is -2.62. The Balaban J connectivity index is 2.98. The van der Waals surface area contributed by atoms with Crippen molar-refractivity contribution in [3.8, 4) is 6.07 Å². The number of anilines is 1. The van der Waals surface area contributed by atoms with Crippen LogP contribution in [0.15, 0.2) is 18.2 Å². The van der Waals surface area contributed by atoms with E-state index in [-0.39, 0.29) is 22.8 Å². The fraction of sp³-hybridized carbons (Fsp3) is 0.429. The van der Waals surface area contributed by atoms with Gasteiger partial charge in [-0.15, -0.1) is 0 Å². The Morgan fingerprint density at radius 3 is 2.52 bits per heavy atom. The second-order valence-corrected chi connectivity index (χ2v) is 5.71. The number of nitro groups is 1. The fourth-order valence-electron chi connectivity index (χ4n) is 1.66. The van der Waals surface area contributed by atoms with Gasteiger partial charge in [0, 0.05) is 11.6 Å². The van der Waals surface area contributed by atoms with Crippen molar-refractivity contribution in [1.82, 2.24) is 5.32 Å². The molecule has 0 radical (unpaired) electrons. The quantitative estimate of drug-likeness (QED) is 0.652.